The molecule has 1 heterocycles. The lowest BCUT2D eigenvalue weighted by Crippen LogP contribution is -2.49. The molecule has 0 aromatic heterocycles. The average molecular weight is 305 g/mol. The number of carbonyl (C=O) groups excluding carboxylic acids is 1. The predicted octanol–water partition coefficient (Wildman–Crippen LogP) is -0.437. The van der Waals surface area contributed by atoms with Crippen LogP contribution in [0.1, 0.15) is 20.8 Å². The van der Waals surface area contributed by atoms with Gasteiger partial charge in [-0.25, -0.2) is 8.42 Å². The van der Waals surface area contributed by atoms with Gasteiger partial charge in [0.1, 0.15) is 0 Å². The molecule has 1 rings (SSSR count). The number of rotatable bonds is 5. The molecule has 0 aromatic carbocycles. The number of nitrogens with zero attached hydrogens (tertiary/aromatic N) is 2. The number of piperazine rings is 1. The van der Waals surface area contributed by atoms with Crippen molar-refractivity contribution in [2.75, 3.05) is 52.1 Å². The molecule has 0 radical (unpaired) electrons. The van der Waals surface area contributed by atoms with E-state index in [-0.39, 0.29) is 18.2 Å². The van der Waals surface area contributed by atoms with Gasteiger partial charge in [0.2, 0.25) is 5.91 Å². The lowest BCUT2D eigenvalue weighted by atomic mass is 10.3. The minimum atomic E-state index is -3.13. The summed E-state index contributed by atoms with van der Waals surface area (Å²) in [5, 5.41) is 3.20. The number of hydrogen-bond acceptors (Lipinski definition) is 5. The first kappa shape index (κ1) is 17.4. The molecule has 0 bridgehead atoms. The Hall–Kier alpha value is -0.660. The summed E-state index contributed by atoms with van der Waals surface area (Å²) in [4.78, 5) is 15.6. The van der Waals surface area contributed by atoms with E-state index in [0.29, 0.717) is 6.54 Å². The van der Waals surface area contributed by atoms with Crippen LogP contribution in [-0.4, -0.2) is 80.9 Å². The van der Waals surface area contributed by atoms with Crippen LogP contribution in [-0.2, 0) is 14.6 Å². The number of carbonyl (C=O) groups is 1. The van der Waals surface area contributed by atoms with Gasteiger partial charge in [0, 0.05) is 32.7 Å². The van der Waals surface area contributed by atoms with Crippen LogP contribution in [0.4, 0.5) is 0 Å². The van der Waals surface area contributed by atoms with E-state index in [9.17, 15) is 13.2 Å². The monoisotopic (exact) mass is 305 g/mol. The van der Waals surface area contributed by atoms with E-state index in [1.807, 2.05) is 4.90 Å². The molecule has 0 saturated carbocycles. The third-order valence-electron chi connectivity index (χ3n) is 3.55. The Morgan fingerprint density at radius 3 is 2.30 bits per heavy atom. The number of likely N-dealkylation sites (N-methyl/N-ethyl adjacent to an activating group) is 1. The highest BCUT2D eigenvalue weighted by molar-refractivity contribution is 7.92. The molecule has 20 heavy (non-hydrogen) atoms. The molecule has 1 aliphatic rings. The summed E-state index contributed by atoms with van der Waals surface area (Å²) in [5.74, 6) is 0.157. The highest BCUT2D eigenvalue weighted by atomic mass is 32.2. The van der Waals surface area contributed by atoms with Gasteiger partial charge in [-0.1, -0.05) is 0 Å². The molecule has 0 spiro atoms. The van der Waals surface area contributed by atoms with Crippen LogP contribution in [0.2, 0.25) is 0 Å². The smallest absolute Gasteiger partial charge is 0.236 e. The maximum atomic E-state index is 12.0. The molecule has 1 amide bonds. The highest BCUT2D eigenvalue weighted by Crippen LogP contribution is 2.15. The fraction of sp³-hybridized carbons (Fsp3) is 0.923. The van der Waals surface area contributed by atoms with Crippen molar-refractivity contribution in [2.45, 2.75) is 25.5 Å². The maximum Gasteiger partial charge on any atom is 0.236 e. The minimum absolute atomic E-state index is 0.0714. The molecular formula is C13H27N3O3S. The van der Waals surface area contributed by atoms with Crippen molar-refractivity contribution in [3.05, 3.63) is 0 Å². The van der Waals surface area contributed by atoms with Gasteiger partial charge < -0.3 is 10.2 Å². The Morgan fingerprint density at radius 2 is 1.80 bits per heavy atom. The molecule has 6 nitrogen and oxygen atoms in total. The van der Waals surface area contributed by atoms with Gasteiger partial charge in [-0.05, 0) is 27.8 Å². The molecular weight excluding hydrogens is 278 g/mol. The zero-order chi connectivity index (χ0) is 15.4. The van der Waals surface area contributed by atoms with Gasteiger partial charge in [-0.15, -0.1) is 0 Å². The molecule has 1 saturated heterocycles. The van der Waals surface area contributed by atoms with Gasteiger partial charge in [-0.2, -0.15) is 0 Å². The third-order valence-corrected chi connectivity index (χ3v) is 6.14. The summed E-state index contributed by atoms with van der Waals surface area (Å²) < 4.78 is 23.3. The molecule has 1 aliphatic heterocycles. The van der Waals surface area contributed by atoms with E-state index in [2.05, 4.69) is 5.32 Å². The van der Waals surface area contributed by atoms with Crippen molar-refractivity contribution in [3.63, 3.8) is 0 Å². The van der Waals surface area contributed by atoms with E-state index in [0.717, 1.165) is 26.2 Å². The van der Waals surface area contributed by atoms with Gasteiger partial charge >= 0.3 is 0 Å². The Labute approximate surface area is 122 Å². The third kappa shape index (κ3) is 5.03. The molecule has 1 fully saturated rings. The Bertz CT molecular complexity index is 423. The molecule has 0 atom stereocenters. The second kappa shape index (κ2) is 6.87. The first-order valence-corrected chi connectivity index (χ1v) is 8.68. The van der Waals surface area contributed by atoms with Crippen molar-refractivity contribution in [1.82, 2.24) is 15.1 Å². The van der Waals surface area contributed by atoms with Crippen LogP contribution in [0.3, 0.4) is 0 Å². The van der Waals surface area contributed by atoms with Gasteiger partial charge in [0.05, 0.1) is 17.0 Å². The lowest BCUT2D eigenvalue weighted by molar-refractivity contribution is -0.132. The summed E-state index contributed by atoms with van der Waals surface area (Å²) in [6, 6.07) is 0. The van der Waals surface area contributed by atoms with E-state index in [1.165, 1.54) is 0 Å². The van der Waals surface area contributed by atoms with Crippen molar-refractivity contribution >= 4 is 15.7 Å². The van der Waals surface area contributed by atoms with Crippen molar-refractivity contribution in [1.29, 1.82) is 0 Å². The van der Waals surface area contributed by atoms with Crippen molar-refractivity contribution < 1.29 is 13.2 Å². The average Bonchev–Trinajstić information content (AvgIpc) is 2.36. The quantitative estimate of drug-likeness (QED) is 0.746. The Balaban J connectivity index is 2.40. The number of sulfone groups is 1. The predicted molar refractivity (Wildman–Crippen MR) is 80.5 cm³/mol. The number of nitrogens with one attached hydrogen (secondary N) is 1. The molecule has 0 aliphatic carbocycles. The number of hydrogen-bond donors (Lipinski definition) is 1. The van der Waals surface area contributed by atoms with Crippen LogP contribution >= 0.6 is 0 Å². The molecule has 1 N–H and O–H groups in total. The Kier molecular flexibility index (Phi) is 5.97. The van der Waals surface area contributed by atoms with Gasteiger partial charge in [0.25, 0.3) is 0 Å². The van der Waals surface area contributed by atoms with Crippen molar-refractivity contribution in [3.8, 4) is 0 Å². The standard InChI is InChI=1S/C13H27N3O3S/c1-13(2,3)20(18,19)10-9-15(4)11-12(17)16-7-5-14-6-8-16/h14H,5-11H2,1-4H3. The van der Waals surface area contributed by atoms with E-state index < -0.39 is 14.6 Å². The Morgan fingerprint density at radius 1 is 1.25 bits per heavy atom. The molecule has 118 valence electrons. The van der Waals surface area contributed by atoms with Crippen LogP contribution in [0.15, 0.2) is 0 Å². The molecule has 7 heteroatoms. The topological polar surface area (TPSA) is 69.7 Å². The zero-order valence-corrected chi connectivity index (χ0v) is 13.8. The SMILES string of the molecule is CN(CCS(=O)(=O)C(C)(C)C)CC(=O)N1CCNCC1. The van der Waals surface area contributed by atoms with E-state index >= 15 is 0 Å². The fourth-order valence-corrected chi connectivity index (χ4v) is 3.07. The van der Waals surface area contributed by atoms with Crippen LogP contribution in [0.5, 0.6) is 0 Å². The second-order valence-corrected chi connectivity index (χ2v) is 9.16. The zero-order valence-electron chi connectivity index (χ0n) is 13.0. The largest absolute Gasteiger partial charge is 0.339 e. The normalized spacial score (nSPS) is 17.6. The number of amides is 1. The molecule has 0 aromatic rings. The summed E-state index contributed by atoms with van der Waals surface area (Å²) in [6.07, 6.45) is 0. The van der Waals surface area contributed by atoms with Gasteiger partial charge in [0.15, 0.2) is 9.84 Å². The first-order valence-electron chi connectivity index (χ1n) is 7.03. The van der Waals surface area contributed by atoms with E-state index in [1.54, 1.807) is 32.7 Å². The minimum Gasteiger partial charge on any atom is -0.339 e. The first-order chi connectivity index (χ1) is 9.13. The summed E-state index contributed by atoms with van der Waals surface area (Å²) in [5.41, 5.74) is 0. The highest BCUT2D eigenvalue weighted by Gasteiger charge is 2.29. The second-order valence-electron chi connectivity index (χ2n) is 6.30. The van der Waals surface area contributed by atoms with Crippen LogP contribution in [0, 0.1) is 0 Å². The summed E-state index contributed by atoms with van der Waals surface area (Å²) in [7, 11) is -1.34. The van der Waals surface area contributed by atoms with Gasteiger partial charge in [-0.3, -0.25) is 9.69 Å². The lowest BCUT2D eigenvalue weighted by Gasteiger charge is -2.29. The van der Waals surface area contributed by atoms with Crippen LogP contribution in [0.25, 0.3) is 0 Å². The summed E-state index contributed by atoms with van der Waals surface area (Å²) >= 11 is 0. The fourth-order valence-electron chi connectivity index (χ4n) is 1.91. The van der Waals surface area contributed by atoms with Crippen LogP contribution < -0.4 is 5.32 Å². The van der Waals surface area contributed by atoms with Crippen molar-refractivity contribution in [2.24, 2.45) is 0 Å². The maximum absolute atomic E-state index is 12.0. The summed E-state index contributed by atoms with van der Waals surface area (Å²) in [6.45, 7) is 8.88. The molecule has 0 unspecified atom stereocenters. The van der Waals surface area contributed by atoms with E-state index in [4.69, 9.17) is 0 Å².